The van der Waals surface area contributed by atoms with Crippen LogP contribution in [0, 0.1) is 0 Å². The molecule has 2 aromatic rings. The molecular weight excluding hydrogens is 308 g/mol. The Morgan fingerprint density at radius 3 is 2.33 bits per heavy atom. The zero-order valence-electron chi connectivity index (χ0n) is 13.2. The lowest BCUT2D eigenvalue weighted by Gasteiger charge is -2.07. The molecule has 0 aromatic heterocycles. The van der Waals surface area contributed by atoms with Gasteiger partial charge in [0.05, 0.1) is 7.11 Å². The molecule has 2 N–H and O–H groups in total. The van der Waals surface area contributed by atoms with Gasteiger partial charge in [0.25, 0.3) is 11.8 Å². The van der Waals surface area contributed by atoms with E-state index in [2.05, 4.69) is 10.9 Å². The third-order valence-electron chi connectivity index (χ3n) is 2.98. The molecule has 24 heavy (non-hydrogen) atoms. The van der Waals surface area contributed by atoms with Crippen molar-refractivity contribution >= 4 is 17.9 Å². The van der Waals surface area contributed by atoms with Crippen LogP contribution in [-0.2, 0) is 9.59 Å². The Morgan fingerprint density at radius 1 is 0.958 bits per heavy atom. The summed E-state index contributed by atoms with van der Waals surface area (Å²) in [6.07, 6.45) is 2.95. The van der Waals surface area contributed by atoms with E-state index < -0.39 is 11.8 Å². The predicted octanol–water partition coefficient (Wildman–Crippen LogP) is 1.93. The Hall–Kier alpha value is -3.28. The van der Waals surface area contributed by atoms with Crippen molar-refractivity contribution < 1.29 is 19.1 Å². The molecule has 6 heteroatoms. The van der Waals surface area contributed by atoms with Crippen LogP contribution >= 0.6 is 0 Å². The summed E-state index contributed by atoms with van der Waals surface area (Å²) in [5.74, 6) is 0.421. The smallest absolute Gasteiger partial charge is 0.276 e. The third-order valence-corrected chi connectivity index (χ3v) is 2.98. The maximum absolute atomic E-state index is 11.6. The summed E-state index contributed by atoms with van der Waals surface area (Å²) < 4.78 is 10.3. The van der Waals surface area contributed by atoms with E-state index >= 15 is 0 Å². The second-order valence-corrected chi connectivity index (χ2v) is 4.75. The Morgan fingerprint density at radius 2 is 1.67 bits per heavy atom. The molecule has 0 aliphatic rings. The number of carbonyl (C=O) groups is 2. The van der Waals surface area contributed by atoms with Crippen molar-refractivity contribution in [2.45, 2.75) is 0 Å². The number of carbonyl (C=O) groups excluding carboxylic acids is 2. The molecule has 0 radical (unpaired) electrons. The summed E-state index contributed by atoms with van der Waals surface area (Å²) in [4.78, 5) is 23.2. The molecule has 124 valence electrons. The monoisotopic (exact) mass is 326 g/mol. The van der Waals surface area contributed by atoms with Gasteiger partial charge < -0.3 is 9.47 Å². The average Bonchev–Trinajstić information content (AvgIpc) is 2.64. The van der Waals surface area contributed by atoms with Crippen molar-refractivity contribution in [3.63, 3.8) is 0 Å². The number of nitrogens with one attached hydrogen (secondary N) is 2. The van der Waals surface area contributed by atoms with Crippen LogP contribution in [-0.4, -0.2) is 25.5 Å². The highest BCUT2D eigenvalue weighted by Gasteiger charge is 2.03. The molecule has 0 spiro atoms. The number of para-hydroxylation sites is 1. The fourth-order valence-electron chi connectivity index (χ4n) is 1.76. The second-order valence-electron chi connectivity index (χ2n) is 4.75. The fraction of sp³-hybridized carbons (Fsp3) is 0.111. The summed E-state index contributed by atoms with van der Waals surface area (Å²) in [6, 6.07) is 16.2. The largest absolute Gasteiger partial charge is 0.497 e. The van der Waals surface area contributed by atoms with Crippen LogP contribution in [0.1, 0.15) is 5.56 Å². The number of amides is 2. The molecule has 0 saturated carbocycles. The zero-order chi connectivity index (χ0) is 17.2. The van der Waals surface area contributed by atoms with E-state index in [4.69, 9.17) is 9.47 Å². The maximum atomic E-state index is 11.6. The van der Waals surface area contributed by atoms with E-state index in [-0.39, 0.29) is 6.61 Å². The summed E-state index contributed by atoms with van der Waals surface area (Å²) >= 11 is 0. The van der Waals surface area contributed by atoms with E-state index in [0.717, 1.165) is 11.3 Å². The maximum Gasteiger partial charge on any atom is 0.276 e. The summed E-state index contributed by atoms with van der Waals surface area (Å²) in [7, 11) is 1.59. The van der Waals surface area contributed by atoms with E-state index in [1.807, 2.05) is 18.2 Å². The molecule has 2 rings (SSSR count). The van der Waals surface area contributed by atoms with Crippen LogP contribution in [0.25, 0.3) is 6.08 Å². The number of hydrogen-bond donors (Lipinski definition) is 2. The summed E-state index contributed by atoms with van der Waals surface area (Å²) in [5, 5.41) is 0. The van der Waals surface area contributed by atoms with E-state index in [1.54, 1.807) is 49.6 Å². The molecule has 0 saturated heterocycles. The van der Waals surface area contributed by atoms with Gasteiger partial charge in [-0.2, -0.15) is 0 Å². The summed E-state index contributed by atoms with van der Waals surface area (Å²) in [5.41, 5.74) is 5.39. The van der Waals surface area contributed by atoms with Crippen molar-refractivity contribution in [3.8, 4) is 11.5 Å². The van der Waals surface area contributed by atoms with Crippen molar-refractivity contribution in [1.29, 1.82) is 0 Å². The van der Waals surface area contributed by atoms with Gasteiger partial charge in [-0.15, -0.1) is 0 Å². The standard InChI is InChI=1S/C18H18N2O4/c1-23-15-10-7-14(8-11-15)9-12-17(21)19-20-18(22)13-24-16-5-3-2-4-6-16/h2-12H,13H2,1H3,(H,19,21)(H,20,22). The molecule has 2 aromatic carbocycles. The van der Waals surface area contributed by atoms with Gasteiger partial charge in [0, 0.05) is 6.08 Å². The highest BCUT2D eigenvalue weighted by Crippen LogP contribution is 2.12. The first-order valence-corrected chi connectivity index (χ1v) is 7.26. The molecule has 0 heterocycles. The Kier molecular flexibility index (Phi) is 6.40. The molecule has 0 bridgehead atoms. The molecule has 0 atom stereocenters. The topological polar surface area (TPSA) is 76.7 Å². The van der Waals surface area contributed by atoms with Crippen LogP contribution in [0.15, 0.2) is 60.7 Å². The van der Waals surface area contributed by atoms with Gasteiger partial charge in [-0.3, -0.25) is 20.4 Å². The van der Waals surface area contributed by atoms with E-state index in [0.29, 0.717) is 5.75 Å². The molecule has 0 unspecified atom stereocenters. The normalized spacial score (nSPS) is 10.2. The van der Waals surface area contributed by atoms with Gasteiger partial charge in [-0.25, -0.2) is 0 Å². The van der Waals surface area contributed by atoms with Gasteiger partial charge in [0.1, 0.15) is 11.5 Å². The molecule has 0 aliphatic heterocycles. The van der Waals surface area contributed by atoms with Gasteiger partial charge in [0.15, 0.2) is 6.61 Å². The lowest BCUT2D eigenvalue weighted by Crippen LogP contribution is -2.43. The summed E-state index contributed by atoms with van der Waals surface area (Å²) in [6.45, 7) is -0.188. The predicted molar refractivity (Wildman–Crippen MR) is 90.3 cm³/mol. The van der Waals surface area contributed by atoms with Crippen LogP contribution < -0.4 is 20.3 Å². The molecular formula is C18H18N2O4. The number of hydrogen-bond acceptors (Lipinski definition) is 4. The number of benzene rings is 2. The van der Waals surface area contributed by atoms with Crippen molar-refractivity contribution in [1.82, 2.24) is 10.9 Å². The second kappa shape index (κ2) is 8.99. The number of rotatable bonds is 6. The van der Waals surface area contributed by atoms with Gasteiger partial charge in [-0.1, -0.05) is 30.3 Å². The van der Waals surface area contributed by atoms with Crippen molar-refractivity contribution in [2.75, 3.05) is 13.7 Å². The first-order valence-electron chi connectivity index (χ1n) is 7.26. The highest BCUT2D eigenvalue weighted by atomic mass is 16.5. The third kappa shape index (κ3) is 5.84. The minimum Gasteiger partial charge on any atom is -0.497 e. The van der Waals surface area contributed by atoms with Crippen molar-refractivity contribution in [2.24, 2.45) is 0 Å². The molecule has 6 nitrogen and oxygen atoms in total. The van der Waals surface area contributed by atoms with E-state index in [1.165, 1.54) is 6.08 Å². The van der Waals surface area contributed by atoms with Crippen LogP contribution in [0.2, 0.25) is 0 Å². The Labute approximate surface area is 140 Å². The zero-order valence-corrected chi connectivity index (χ0v) is 13.2. The Bertz CT molecular complexity index is 697. The van der Waals surface area contributed by atoms with Gasteiger partial charge in [-0.05, 0) is 35.9 Å². The SMILES string of the molecule is COc1ccc(C=CC(=O)NNC(=O)COc2ccccc2)cc1. The van der Waals surface area contributed by atoms with Crippen LogP contribution in [0.4, 0.5) is 0 Å². The minimum atomic E-state index is -0.454. The van der Waals surface area contributed by atoms with Crippen molar-refractivity contribution in [3.05, 3.63) is 66.2 Å². The highest BCUT2D eigenvalue weighted by molar-refractivity contribution is 5.93. The average molecular weight is 326 g/mol. The first-order chi connectivity index (χ1) is 11.7. The lowest BCUT2D eigenvalue weighted by atomic mass is 10.2. The Balaban J connectivity index is 1.71. The van der Waals surface area contributed by atoms with Crippen LogP contribution in [0.5, 0.6) is 11.5 Å². The van der Waals surface area contributed by atoms with Gasteiger partial charge in [0.2, 0.25) is 0 Å². The first kappa shape index (κ1) is 17.1. The number of methoxy groups -OCH3 is 1. The number of ether oxygens (including phenoxy) is 2. The minimum absolute atomic E-state index is 0.188. The molecule has 0 aliphatic carbocycles. The van der Waals surface area contributed by atoms with Gasteiger partial charge >= 0.3 is 0 Å². The van der Waals surface area contributed by atoms with Crippen LogP contribution in [0.3, 0.4) is 0 Å². The fourth-order valence-corrected chi connectivity index (χ4v) is 1.76. The molecule has 0 fully saturated rings. The molecule has 2 amide bonds. The quantitative estimate of drug-likeness (QED) is 0.628. The van der Waals surface area contributed by atoms with E-state index in [9.17, 15) is 9.59 Å². The number of hydrazine groups is 1. The lowest BCUT2D eigenvalue weighted by molar-refractivity contribution is -0.128.